The standard InChI is InChI=1S/C16H31NO/c1-3-13-6-4-5-7-15(13)18-16-10-12(2)8-9-14(16)11-17/h12-16H,3-11,17H2,1-2H3. The molecule has 2 aliphatic rings. The fourth-order valence-corrected chi connectivity index (χ4v) is 3.87. The van der Waals surface area contributed by atoms with Crippen molar-refractivity contribution in [3.63, 3.8) is 0 Å². The molecule has 0 aromatic rings. The molecule has 18 heavy (non-hydrogen) atoms. The number of hydrogen-bond acceptors (Lipinski definition) is 2. The van der Waals surface area contributed by atoms with Crippen molar-refractivity contribution in [1.82, 2.24) is 0 Å². The first-order valence-corrected chi connectivity index (χ1v) is 8.10. The fraction of sp³-hybridized carbons (Fsp3) is 1.00. The predicted octanol–water partition coefficient (Wildman–Crippen LogP) is 3.74. The van der Waals surface area contributed by atoms with Crippen LogP contribution in [0.4, 0.5) is 0 Å². The van der Waals surface area contributed by atoms with E-state index in [2.05, 4.69) is 13.8 Å². The molecule has 0 aromatic heterocycles. The summed E-state index contributed by atoms with van der Waals surface area (Å²) in [5.41, 5.74) is 5.93. The fourth-order valence-electron chi connectivity index (χ4n) is 3.87. The molecule has 0 saturated heterocycles. The lowest BCUT2D eigenvalue weighted by Gasteiger charge is -2.40. The molecule has 5 atom stereocenters. The molecule has 106 valence electrons. The van der Waals surface area contributed by atoms with E-state index in [1.54, 1.807) is 0 Å². The Balaban J connectivity index is 1.92. The molecular formula is C16H31NO. The van der Waals surface area contributed by atoms with Gasteiger partial charge >= 0.3 is 0 Å². The molecule has 0 bridgehead atoms. The second-order valence-electron chi connectivity index (χ2n) is 6.58. The van der Waals surface area contributed by atoms with E-state index in [1.807, 2.05) is 0 Å². The van der Waals surface area contributed by atoms with Crippen molar-refractivity contribution in [1.29, 1.82) is 0 Å². The first-order chi connectivity index (χ1) is 8.74. The smallest absolute Gasteiger partial charge is 0.0621 e. The van der Waals surface area contributed by atoms with Gasteiger partial charge in [-0.25, -0.2) is 0 Å². The van der Waals surface area contributed by atoms with Crippen LogP contribution in [0.15, 0.2) is 0 Å². The Bertz CT molecular complexity index is 243. The Kier molecular flexibility index (Phi) is 5.50. The van der Waals surface area contributed by atoms with E-state index in [1.165, 1.54) is 51.4 Å². The van der Waals surface area contributed by atoms with Gasteiger partial charge in [-0.2, -0.15) is 0 Å². The van der Waals surface area contributed by atoms with Crippen LogP contribution >= 0.6 is 0 Å². The van der Waals surface area contributed by atoms with Crippen molar-refractivity contribution in [2.24, 2.45) is 23.5 Å². The van der Waals surface area contributed by atoms with Crippen LogP contribution in [0.5, 0.6) is 0 Å². The third kappa shape index (κ3) is 3.48. The van der Waals surface area contributed by atoms with Gasteiger partial charge in [0.05, 0.1) is 12.2 Å². The molecule has 2 rings (SSSR count). The van der Waals surface area contributed by atoms with E-state index in [4.69, 9.17) is 10.5 Å². The summed E-state index contributed by atoms with van der Waals surface area (Å²) in [4.78, 5) is 0. The molecule has 0 aromatic carbocycles. The van der Waals surface area contributed by atoms with Crippen LogP contribution in [0.1, 0.15) is 65.2 Å². The minimum absolute atomic E-state index is 0.441. The minimum atomic E-state index is 0.441. The molecule has 0 radical (unpaired) electrons. The highest BCUT2D eigenvalue weighted by Crippen LogP contribution is 2.35. The van der Waals surface area contributed by atoms with Crippen molar-refractivity contribution < 1.29 is 4.74 Å². The maximum atomic E-state index is 6.53. The SMILES string of the molecule is CCC1CCCCC1OC1CC(C)CCC1CN. The molecular weight excluding hydrogens is 222 g/mol. The van der Waals surface area contributed by atoms with Crippen molar-refractivity contribution >= 4 is 0 Å². The summed E-state index contributed by atoms with van der Waals surface area (Å²) in [7, 11) is 0. The summed E-state index contributed by atoms with van der Waals surface area (Å²) >= 11 is 0. The lowest BCUT2D eigenvalue weighted by atomic mass is 9.79. The van der Waals surface area contributed by atoms with Crippen molar-refractivity contribution in [2.75, 3.05) is 6.54 Å². The van der Waals surface area contributed by atoms with Crippen LogP contribution in [0.2, 0.25) is 0 Å². The monoisotopic (exact) mass is 253 g/mol. The van der Waals surface area contributed by atoms with Gasteiger partial charge in [-0.3, -0.25) is 0 Å². The van der Waals surface area contributed by atoms with Crippen molar-refractivity contribution in [3.8, 4) is 0 Å². The highest BCUT2D eigenvalue weighted by Gasteiger charge is 2.33. The van der Waals surface area contributed by atoms with Gasteiger partial charge in [0.25, 0.3) is 0 Å². The number of hydrogen-bond donors (Lipinski definition) is 1. The number of ether oxygens (including phenoxy) is 1. The second-order valence-corrected chi connectivity index (χ2v) is 6.58. The molecule has 0 amide bonds. The van der Waals surface area contributed by atoms with Crippen LogP contribution in [-0.4, -0.2) is 18.8 Å². The maximum Gasteiger partial charge on any atom is 0.0621 e. The van der Waals surface area contributed by atoms with Gasteiger partial charge < -0.3 is 10.5 Å². The highest BCUT2D eigenvalue weighted by atomic mass is 16.5. The predicted molar refractivity (Wildman–Crippen MR) is 76.5 cm³/mol. The number of rotatable bonds is 4. The Morgan fingerprint density at radius 1 is 1.00 bits per heavy atom. The first-order valence-electron chi connectivity index (χ1n) is 8.10. The molecule has 0 aliphatic heterocycles. The Hall–Kier alpha value is -0.0800. The molecule has 2 saturated carbocycles. The molecule has 2 fully saturated rings. The zero-order chi connectivity index (χ0) is 13.0. The summed E-state index contributed by atoms with van der Waals surface area (Å²) in [5.74, 6) is 2.23. The molecule has 2 heteroatoms. The van der Waals surface area contributed by atoms with Gasteiger partial charge in [0.2, 0.25) is 0 Å². The summed E-state index contributed by atoms with van der Waals surface area (Å²) in [6.07, 6.45) is 11.5. The molecule has 2 aliphatic carbocycles. The van der Waals surface area contributed by atoms with E-state index in [9.17, 15) is 0 Å². The van der Waals surface area contributed by atoms with E-state index in [0.29, 0.717) is 18.1 Å². The molecule has 0 heterocycles. The zero-order valence-corrected chi connectivity index (χ0v) is 12.2. The second kappa shape index (κ2) is 6.91. The van der Waals surface area contributed by atoms with E-state index < -0.39 is 0 Å². The van der Waals surface area contributed by atoms with Gasteiger partial charge in [0.15, 0.2) is 0 Å². The lowest BCUT2D eigenvalue weighted by Crippen LogP contribution is -2.40. The average molecular weight is 253 g/mol. The topological polar surface area (TPSA) is 35.2 Å². The Morgan fingerprint density at radius 3 is 2.50 bits per heavy atom. The molecule has 2 nitrogen and oxygen atoms in total. The van der Waals surface area contributed by atoms with Crippen LogP contribution in [0.25, 0.3) is 0 Å². The minimum Gasteiger partial charge on any atom is -0.374 e. The van der Waals surface area contributed by atoms with E-state index in [-0.39, 0.29) is 0 Å². The summed E-state index contributed by atoms with van der Waals surface area (Å²) < 4.78 is 6.53. The maximum absolute atomic E-state index is 6.53. The van der Waals surface area contributed by atoms with Gasteiger partial charge in [0, 0.05) is 0 Å². The van der Waals surface area contributed by atoms with Crippen molar-refractivity contribution in [3.05, 3.63) is 0 Å². The van der Waals surface area contributed by atoms with Crippen LogP contribution < -0.4 is 5.73 Å². The summed E-state index contributed by atoms with van der Waals surface area (Å²) in [6, 6.07) is 0. The Labute approximate surface area is 113 Å². The zero-order valence-electron chi connectivity index (χ0n) is 12.2. The average Bonchev–Trinajstić information content (AvgIpc) is 2.40. The normalized spacial score (nSPS) is 41.8. The van der Waals surface area contributed by atoms with E-state index in [0.717, 1.165) is 18.4 Å². The molecule has 2 N–H and O–H groups in total. The summed E-state index contributed by atoms with van der Waals surface area (Å²) in [5, 5.41) is 0. The lowest BCUT2D eigenvalue weighted by molar-refractivity contribution is -0.101. The largest absolute Gasteiger partial charge is 0.374 e. The highest BCUT2D eigenvalue weighted by molar-refractivity contribution is 4.83. The van der Waals surface area contributed by atoms with Gasteiger partial charge in [0.1, 0.15) is 0 Å². The quantitative estimate of drug-likeness (QED) is 0.828. The van der Waals surface area contributed by atoms with Crippen LogP contribution in [0.3, 0.4) is 0 Å². The third-order valence-corrected chi connectivity index (χ3v) is 5.21. The molecule has 0 spiro atoms. The Morgan fingerprint density at radius 2 is 1.78 bits per heavy atom. The van der Waals surface area contributed by atoms with Gasteiger partial charge in [-0.15, -0.1) is 0 Å². The molecule has 5 unspecified atom stereocenters. The summed E-state index contributed by atoms with van der Waals surface area (Å²) in [6.45, 7) is 5.48. The van der Waals surface area contributed by atoms with E-state index >= 15 is 0 Å². The third-order valence-electron chi connectivity index (χ3n) is 5.21. The first kappa shape index (κ1) is 14.3. The van der Waals surface area contributed by atoms with Crippen molar-refractivity contribution in [2.45, 2.75) is 77.4 Å². The van der Waals surface area contributed by atoms with Crippen LogP contribution in [-0.2, 0) is 4.74 Å². The van der Waals surface area contributed by atoms with Gasteiger partial charge in [-0.1, -0.05) is 39.5 Å². The number of nitrogens with two attached hydrogens (primary N) is 1. The van der Waals surface area contributed by atoms with Gasteiger partial charge in [-0.05, 0) is 50.0 Å². The van der Waals surface area contributed by atoms with Crippen LogP contribution in [0, 0.1) is 17.8 Å².